The summed E-state index contributed by atoms with van der Waals surface area (Å²) in [5.74, 6) is -0.0541. The van der Waals surface area contributed by atoms with E-state index in [0.717, 1.165) is 17.5 Å². The summed E-state index contributed by atoms with van der Waals surface area (Å²) in [7, 11) is 0. The predicted octanol–water partition coefficient (Wildman–Crippen LogP) is 2.52. The molecular weight excluding hydrogens is 342 g/mol. The van der Waals surface area contributed by atoms with Gasteiger partial charge in [-0.1, -0.05) is 30.3 Å². The summed E-state index contributed by atoms with van der Waals surface area (Å²) < 4.78 is 5.58. The average Bonchev–Trinajstić information content (AvgIpc) is 2.65. The highest BCUT2D eigenvalue weighted by Crippen LogP contribution is 2.14. The number of nitrogens with zero attached hydrogens (tertiary/aromatic N) is 1. The van der Waals surface area contributed by atoms with Crippen molar-refractivity contribution in [2.45, 2.75) is 39.7 Å². The number of hydrogen-bond acceptors (Lipinski definition) is 4. The van der Waals surface area contributed by atoms with Crippen LogP contribution in [0.2, 0.25) is 0 Å². The van der Waals surface area contributed by atoms with Crippen LogP contribution in [0.4, 0.5) is 0 Å². The Kier molecular flexibility index (Phi) is 7.78. The Morgan fingerprint density at radius 3 is 2.70 bits per heavy atom. The number of H-pyrrole nitrogens is 1. The molecule has 142 valence electrons. The first kappa shape index (κ1) is 20.4. The van der Waals surface area contributed by atoms with Crippen LogP contribution < -0.4 is 10.9 Å². The van der Waals surface area contributed by atoms with Gasteiger partial charge in [-0.3, -0.25) is 9.59 Å². The van der Waals surface area contributed by atoms with Gasteiger partial charge in [0, 0.05) is 25.3 Å². The number of nitriles is 1. The lowest BCUT2D eigenvalue weighted by Gasteiger charge is -2.11. The molecule has 2 N–H and O–H groups in total. The minimum atomic E-state index is -0.379. The lowest BCUT2D eigenvalue weighted by atomic mass is 9.99. The normalized spacial score (nSPS) is 10.4. The number of rotatable bonds is 9. The maximum Gasteiger partial charge on any atom is 0.266 e. The Hall–Kier alpha value is -2.91. The van der Waals surface area contributed by atoms with E-state index in [2.05, 4.69) is 10.3 Å². The maximum absolute atomic E-state index is 12.0. The Balaban J connectivity index is 1.70. The van der Waals surface area contributed by atoms with Crippen molar-refractivity contribution in [3.8, 4) is 6.07 Å². The van der Waals surface area contributed by atoms with Gasteiger partial charge in [-0.15, -0.1) is 0 Å². The van der Waals surface area contributed by atoms with Crippen molar-refractivity contribution in [1.29, 1.82) is 5.26 Å². The molecule has 1 amide bonds. The largest absolute Gasteiger partial charge is 0.377 e. The van der Waals surface area contributed by atoms with Crippen LogP contribution >= 0.6 is 0 Å². The topological polar surface area (TPSA) is 95.0 Å². The summed E-state index contributed by atoms with van der Waals surface area (Å²) in [5, 5.41) is 12.0. The molecule has 0 spiro atoms. The number of ether oxygens (including phenoxy) is 1. The van der Waals surface area contributed by atoms with E-state index in [1.165, 1.54) is 0 Å². The van der Waals surface area contributed by atoms with Crippen LogP contribution in [-0.4, -0.2) is 24.0 Å². The van der Waals surface area contributed by atoms with Crippen LogP contribution in [0.1, 0.15) is 40.8 Å². The molecule has 0 unspecified atom stereocenters. The summed E-state index contributed by atoms with van der Waals surface area (Å²) in [5.41, 5.74) is 3.08. The predicted molar refractivity (Wildman–Crippen MR) is 103 cm³/mol. The van der Waals surface area contributed by atoms with Crippen LogP contribution in [0.15, 0.2) is 35.1 Å². The van der Waals surface area contributed by atoms with Gasteiger partial charge in [0.15, 0.2) is 0 Å². The first-order valence-corrected chi connectivity index (χ1v) is 9.03. The van der Waals surface area contributed by atoms with Crippen LogP contribution in [0, 0.1) is 25.2 Å². The molecule has 27 heavy (non-hydrogen) atoms. The van der Waals surface area contributed by atoms with E-state index in [1.54, 1.807) is 13.8 Å². The number of carbonyl (C=O) groups is 1. The fraction of sp³-hybridized carbons (Fsp3) is 0.381. The molecule has 0 bridgehead atoms. The van der Waals surface area contributed by atoms with Gasteiger partial charge in [-0.25, -0.2) is 0 Å². The maximum atomic E-state index is 12.0. The van der Waals surface area contributed by atoms with Crippen molar-refractivity contribution >= 4 is 5.91 Å². The van der Waals surface area contributed by atoms with Crippen LogP contribution in [0.3, 0.4) is 0 Å². The van der Waals surface area contributed by atoms with Crippen molar-refractivity contribution in [2.24, 2.45) is 0 Å². The molecule has 2 rings (SSSR count). The molecule has 0 saturated carbocycles. The van der Waals surface area contributed by atoms with Gasteiger partial charge >= 0.3 is 0 Å². The number of hydrogen-bond donors (Lipinski definition) is 2. The zero-order valence-corrected chi connectivity index (χ0v) is 15.8. The Morgan fingerprint density at radius 2 is 2.00 bits per heavy atom. The molecule has 0 atom stereocenters. The third-order valence-electron chi connectivity index (χ3n) is 4.42. The van der Waals surface area contributed by atoms with Crippen molar-refractivity contribution in [2.75, 3.05) is 13.2 Å². The Morgan fingerprint density at radius 1 is 1.26 bits per heavy atom. The van der Waals surface area contributed by atoms with E-state index in [1.807, 2.05) is 36.4 Å². The monoisotopic (exact) mass is 367 g/mol. The third kappa shape index (κ3) is 6.08. The lowest BCUT2D eigenvalue weighted by Crippen LogP contribution is -2.26. The highest BCUT2D eigenvalue weighted by molar-refractivity contribution is 5.76. The minimum Gasteiger partial charge on any atom is -0.377 e. The molecule has 0 aliphatic heterocycles. The number of benzene rings is 1. The molecule has 2 aromatic rings. The molecule has 0 aliphatic carbocycles. The number of aromatic amines is 1. The third-order valence-corrected chi connectivity index (χ3v) is 4.42. The van der Waals surface area contributed by atoms with E-state index < -0.39 is 0 Å². The van der Waals surface area contributed by atoms with Gasteiger partial charge in [0.25, 0.3) is 5.56 Å². The van der Waals surface area contributed by atoms with Crippen LogP contribution in [0.5, 0.6) is 0 Å². The highest BCUT2D eigenvalue weighted by Gasteiger charge is 2.13. The van der Waals surface area contributed by atoms with E-state index in [-0.39, 0.29) is 17.0 Å². The van der Waals surface area contributed by atoms with Crippen LogP contribution in [-0.2, 0) is 22.6 Å². The van der Waals surface area contributed by atoms with Crippen molar-refractivity contribution < 1.29 is 9.53 Å². The molecule has 6 nitrogen and oxygen atoms in total. The number of pyridine rings is 1. The van der Waals surface area contributed by atoms with Crippen molar-refractivity contribution in [3.63, 3.8) is 0 Å². The van der Waals surface area contributed by atoms with Crippen LogP contribution in [0.25, 0.3) is 0 Å². The zero-order chi connectivity index (χ0) is 19.6. The van der Waals surface area contributed by atoms with E-state index >= 15 is 0 Å². The van der Waals surface area contributed by atoms with Gasteiger partial charge in [-0.2, -0.15) is 5.26 Å². The van der Waals surface area contributed by atoms with Gasteiger partial charge in [0.05, 0.1) is 6.61 Å². The molecule has 0 fully saturated rings. The standard InChI is InChI=1S/C21H25N3O3/c1-15-18(16(2)24-21(26)19(15)13-22)9-10-20(25)23-11-6-12-27-14-17-7-4-3-5-8-17/h3-5,7-8H,6,9-12,14H2,1-2H3,(H,23,25)(H,24,26). The summed E-state index contributed by atoms with van der Waals surface area (Å²) in [6.45, 7) is 5.24. The highest BCUT2D eigenvalue weighted by atomic mass is 16.5. The van der Waals surface area contributed by atoms with E-state index in [4.69, 9.17) is 10.00 Å². The second kappa shape index (κ2) is 10.3. The van der Waals surface area contributed by atoms with Gasteiger partial charge in [0.2, 0.25) is 5.91 Å². The quantitative estimate of drug-likeness (QED) is 0.666. The minimum absolute atomic E-state index is 0.0541. The number of nitrogens with one attached hydrogen (secondary N) is 2. The molecule has 1 heterocycles. The summed E-state index contributed by atoms with van der Waals surface area (Å²) in [4.78, 5) is 26.4. The Labute approximate surface area is 159 Å². The molecule has 0 saturated heterocycles. The number of aromatic nitrogens is 1. The first-order chi connectivity index (χ1) is 13.0. The van der Waals surface area contributed by atoms with Crippen molar-refractivity contribution in [3.05, 3.63) is 68.6 Å². The average molecular weight is 367 g/mol. The lowest BCUT2D eigenvalue weighted by molar-refractivity contribution is -0.121. The molecular formula is C21H25N3O3. The fourth-order valence-electron chi connectivity index (χ4n) is 2.91. The van der Waals surface area contributed by atoms with Gasteiger partial charge < -0.3 is 15.0 Å². The van der Waals surface area contributed by atoms with Crippen molar-refractivity contribution in [1.82, 2.24) is 10.3 Å². The number of carbonyl (C=O) groups excluding carboxylic acids is 1. The first-order valence-electron chi connectivity index (χ1n) is 9.03. The molecule has 6 heteroatoms. The van der Waals surface area contributed by atoms with E-state index in [0.29, 0.717) is 43.9 Å². The number of amides is 1. The molecule has 1 aromatic carbocycles. The summed E-state index contributed by atoms with van der Waals surface area (Å²) in [6, 6.07) is 11.9. The number of aryl methyl sites for hydroxylation is 1. The second-order valence-corrected chi connectivity index (χ2v) is 6.41. The SMILES string of the molecule is Cc1[nH]c(=O)c(C#N)c(C)c1CCC(=O)NCCCOCc1ccccc1. The Bertz CT molecular complexity index is 867. The zero-order valence-electron chi connectivity index (χ0n) is 15.8. The summed E-state index contributed by atoms with van der Waals surface area (Å²) >= 11 is 0. The smallest absolute Gasteiger partial charge is 0.266 e. The summed E-state index contributed by atoms with van der Waals surface area (Å²) in [6.07, 6.45) is 1.54. The molecule has 1 aromatic heterocycles. The fourth-order valence-corrected chi connectivity index (χ4v) is 2.91. The molecule has 0 radical (unpaired) electrons. The molecule has 0 aliphatic rings. The van der Waals surface area contributed by atoms with E-state index in [9.17, 15) is 9.59 Å². The van der Waals surface area contributed by atoms with Gasteiger partial charge in [0.1, 0.15) is 11.6 Å². The second-order valence-electron chi connectivity index (χ2n) is 6.41. The van der Waals surface area contributed by atoms with Gasteiger partial charge in [-0.05, 0) is 43.4 Å².